The van der Waals surface area contributed by atoms with Gasteiger partial charge in [-0.1, -0.05) is 13.8 Å². The van der Waals surface area contributed by atoms with Crippen LogP contribution in [0.2, 0.25) is 0 Å². The minimum absolute atomic E-state index is 0.0529. The van der Waals surface area contributed by atoms with Crippen LogP contribution in [0.25, 0.3) is 10.9 Å². The molecule has 0 saturated heterocycles. The van der Waals surface area contributed by atoms with Crippen molar-refractivity contribution in [3.05, 3.63) is 34.8 Å². The highest BCUT2D eigenvalue weighted by molar-refractivity contribution is 6.08. The molecule has 0 atom stereocenters. The Morgan fingerprint density at radius 3 is 2.95 bits per heavy atom. The number of nitrogens with one attached hydrogen (secondary N) is 2. The smallest absolute Gasteiger partial charge is 0.275 e. The molecule has 0 spiro atoms. The normalized spacial score (nSPS) is 16.5. The van der Waals surface area contributed by atoms with E-state index in [1.54, 1.807) is 6.07 Å². The van der Waals surface area contributed by atoms with E-state index in [-0.39, 0.29) is 11.0 Å². The fourth-order valence-corrected chi connectivity index (χ4v) is 3.19. The van der Waals surface area contributed by atoms with Crippen LogP contribution in [0, 0.1) is 11.2 Å². The summed E-state index contributed by atoms with van der Waals surface area (Å²) in [5.74, 6) is -1.09. The molecule has 1 heterocycles. The minimum Gasteiger partial charge on any atom is -0.358 e. The molecule has 1 aromatic heterocycles. The molecular weight excluding hydrogens is 269 g/mol. The quantitative estimate of drug-likeness (QED) is 0.647. The molecule has 0 radical (unpaired) electrons. The Morgan fingerprint density at radius 1 is 1.48 bits per heavy atom. The van der Waals surface area contributed by atoms with Crippen LogP contribution in [-0.2, 0) is 12.8 Å². The van der Waals surface area contributed by atoms with Gasteiger partial charge in [-0.15, -0.1) is 0 Å². The Labute approximate surface area is 122 Å². The number of nitrogens with zero attached hydrogens (tertiary/aromatic N) is 1. The van der Waals surface area contributed by atoms with Gasteiger partial charge in [-0.25, -0.2) is 9.82 Å². The number of carbonyl (C=O) groups is 1. The number of hydrogen-bond acceptors (Lipinski definition) is 2. The number of H-pyrrole nitrogens is 1. The van der Waals surface area contributed by atoms with E-state index in [1.807, 2.05) is 0 Å². The van der Waals surface area contributed by atoms with Crippen LogP contribution in [0.1, 0.15) is 41.9 Å². The van der Waals surface area contributed by atoms with Gasteiger partial charge in [-0.2, -0.15) is 5.10 Å². The zero-order chi connectivity index (χ0) is 15.2. The summed E-state index contributed by atoms with van der Waals surface area (Å²) in [5, 5.41) is 4.04. The van der Waals surface area contributed by atoms with Gasteiger partial charge in [0.15, 0.2) is 0 Å². The van der Waals surface area contributed by atoms with Crippen LogP contribution in [0.15, 0.2) is 17.2 Å². The Bertz CT molecular complexity index is 746. The molecule has 21 heavy (non-hydrogen) atoms. The number of aromatic amines is 1. The van der Waals surface area contributed by atoms with Crippen LogP contribution in [0.4, 0.5) is 4.39 Å². The number of aromatic nitrogens is 1. The molecular formula is C16H18FN3O. The van der Waals surface area contributed by atoms with Gasteiger partial charge in [0.05, 0.1) is 5.56 Å². The number of amides is 1. The third kappa shape index (κ3) is 2.22. The maximum atomic E-state index is 14.2. The molecule has 2 aromatic rings. The van der Waals surface area contributed by atoms with Crippen LogP contribution in [-0.4, -0.2) is 17.6 Å². The molecule has 0 aliphatic heterocycles. The summed E-state index contributed by atoms with van der Waals surface area (Å²) in [6, 6.07) is 3.00. The Balaban J connectivity index is 2.24. The number of hydrogen-bond donors (Lipinski definition) is 2. The summed E-state index contributed by atoms with van der Waals surface area (Å²) in [6.45, 7) is 7.66. The molecule has 1 aromatic carbocycles. The zero-order valence-corrected chi connectivity index (χ0v) is 12.2. The van der Waals surface area contributed by atoms with Gasteiger partial charge in [0.25, 0.3) is 5.91 Å². The first-order chi connectivity index (χ1) is 9.93. The molecule has 1 amide bonds. The van der Waals surface area contributed by atoms with Crippen LogP contribution < -0.4 is 5.43 Å². The van der Waals surface area contributed by atoms with Crippen molar-refractivity contribution in [1.29, 1.82) is 0 Å². The number of hydrazone groups is 1. The third-order valence-electron chi connectivity index (χ3n) is 4.22. The predicted molar refractivity (Wildman–Crippen MR) is 81.1 cm³/mol. The first kappa shape index (κ1) is 13.8. The van der Waals surface area contributed by atoms with Crippen molar-refractivity contribution < 1.29 is 9.18 Å². The van der Waals surface area contributed by atoms with E-state index < -0.39 is 11.7 Å². The van der Waals surface area contributed by atoms with Crippen molar-refractivity contribution in [2.24, 2.45) is 10.5 Å². The van der Waals surface area contributed by atoms with E-state index in [0.717, 1.165) is 36.0 Å². The van der Waals surface area contributed by atoms with E-state index in [9.17, 15) is 9.18 Å². The molecule has 0 bridgehead atoms. The zero-order valence-electron chi connectivity index (χ0n) is 12.2. The van der Waals surface area contributed by atoms with Gasteiger partial charge in [-0.3, -0.25) is 4.79 Å². The van der Waals surface area contributed by atoms with Crippen molar-refractivity contribution in [3.8, 4) is 0 Å². The van der Waals surface area contributed by atoms with Crippen molar-refractivity contribution in [2.75, 3.05) is 0 Å². The maximum absolute atomic E-state index is 14.2. The largest absolute Gasteiger partial charge is 0.358 e. The van der Waals surface area contributed by atoms with Crippen LogP contribution in [0.3, 0.4) is 0 Å². The average molecular weight is 287 g/mol. The second-order valence-corrected chi connectivity index (χ2v) is 6.37. The lowest BCUT2D eigenvalue weighted by Gasteiger charge is -2.29. The molecule has 0 fully saturated rings. The van der Waals surface area contributed by atoms with Crippen molar-refractivity contribution in [1.82, 2.24) is 10.4 Å². The molecule has 110 valence electrons. The molecule has 4 nitrogen and oxygen atoms in total. The highest BCUT2D eigenvalue weighted by Gasteiger charge is 2.30. The number of carbonyl (C=O) groups excluding carboxylic acids is 1. The molecule has 5 heteroatoms. The summed E-state index contributed by atoms with van der Waals surface area (Å²) < 4.78 is 14.2. The standard InChI is InChI=1S/C16H18FN3O/c1-16(2)7-6-9-12(8-16)19-11-5-4-10(17)14(13(9)11)15(21)20-18-3/h4-5,19H,3,6-8H2,1-2H3,(H,20,21). The molecule has 0 saturated carbocycles. The average Bonchev–Trinajstić information content (AvgIpc) is 2.74. The molecule has 0 unspecified atom stereocenters. The summed E-state index contributed by atoms with van der Waals surface area (Å²) >= 11 is 0. The Hall–Kier alpha value is -2.17. The second kappa shape index (κ2) is 4.69. The summed E-state index contributed by atoms with van der Waals surface area (Å²) in [4.78, 5) is 15.4. The van der Waals surface area contributed by atoms with E-state index in [0.29, 0.717) is 5.39 Å². The monoisotopic (exact) mass is 287 g/mol. The van der Waals surface area contributed by atoms with Crippen molar-refractivity contribution in [2.45, 2.75) is 33.1 Å². The lowest BCUT2D eigenvalue weighted by molar-refractivity contribution is 0.0953. The fourth-order valence-electron chi connectivity index (χ4n) is 3.19. The van der Waals surface area contributed by atoms with E-state index in [4.69, 9.17) is 0 Å². The van der Waals surface area contributed by atoms with Crippen molar-refractivity contribution >= 4 is 23.5 Å². The number of fused-ring (bicyclic) bond motifs is 3. The van der Waals surface area contributed by atoms with Gasteiger partial charge in [0, 0.05) is 23.3 Å². The Kier molecular flexibility index (Phi) is 3.08. The molecule has 2 N–H and O–H groups in total. The SMILES string of the molecule is C=NNC(=O)c1c(F)ccc2[nH]c3c(c12)CCC(C)(C)C3. The highest BCUT2D eigenvalue weighted by atomic mass is 19.1. The summed E-state index contributed by atoms with van der Waals surface area (Å²) in [5.41, 5.74) is 5.46. The summed E-state index contributed by atoms with van der Waals surface area (Å²) in [6.07, 6.45) is 2.76. The van der Waals surface area contributed by atoms with E-state index in [1.165, 1.54) is 6.07 Å². The number of rotatable bonds is 2. The topological polar surface area (TPSA) is 57.2 Å². The fraction of sp³-hybridized carbons (Fsp3) is 0.375. The van der Waals surface area contributed by atoms with E-state index in [2.05, 4.69) is 36.1 Å². The van der Waals surface area contributed by atoms with Gasteiger partial charge >= 0.3 is 0 Å². The molecule has 3 rings (SSSR count). The van der Waals surface area contributed by atoms with Crippen LogP contribution >= 0.6 is 0 Å². The molecule has 1 aliphatic carbocycles. The van der Waals surface area contributed by atoms with Crippen LogP contribution in [0.5, 0.6) is 0 Å². The maximum Gasteiger partial charge on any atom is 0.275 e. The second-order valence-electron chi connectivity index (χ2n) is 6.37. The number of halogens is 1. The summed E-state index contributed by atoms with van der Waals surface area (Å²) in [7, 11) is 0. The minimum atomic E-state index is -0.556. The lowest BCUT2D eigenvalue weighted by Crippen LogP contribution is -2.22. The number of aryl methyl sites for hydroxylation is 1. The highest BCUT2D eigenvalue weighted by Crippen LogP contribution is 2.39. The van der Waals surface area contributed by atoms with Gasteiger partial charge in [-0.05, 0) is 42.4 Å². The van der Waals surface area contributed by atoms with E-state index >= 15 is 0 Å². The third-order valence-corrected chi connectivity index (χ3v) is 4.22. The molecule has 1 aliphatic rings. The lowest BCUT2D eigenvalue weighted by atomic mass is 9.76. The first-order valence-electron chi connectivity index (χ1n) is 7.01. The first-order valence-corrected chi connectivity index (χ1v) is 7.01. The Morgan fingerprint density at radius 2 is 2.24 bits per heavy atom. The van der Waals surface area contributed by atoms with Gasteiger partial charge < -0.3 is 4.98 Å². The predicted octanol–water partition coefficient (Wildman–Crippen LogP) is 3.17. The van der Waals surface area contributed by atoms with Crippen molar-refractivity contribution in [3.63, 3.8) is 0 Å². The van der Waals surface area contributed by atoms with Gasteiger partial charge in [0.2, 0.25) is 0 Å². The van der Waals surface area contributed by atoms with Gasteiger partial charge in [0.1, 0.15) is 5.82 Å². The number of benzene rings is 1.